The van der Waals surface area contributed by atoms with Gasteiger partial charge in [0.15, 0.2) is 14.0 Å². The molecule has 2 aromatic carbocycles. The highest BCUT2D eigenvalue weighted by atomic mass is 16.7. The third kappa shape index (κ3) is 12.7. The third-order valence-corrected chi connectivity index (χ3v) is 12.5. The lowest BCUT2D eigenvalue weighted by atomic mass is 9.88. The minimum Gasteiger partial charge on any atom is -0.481 e. The Morgan fingerprint density at radius 1 is 0.797 bits per heavy atom. The highest BCUT2D eigenvalue weighted by Gasteiger charge is 2.52. The first-order valence-electron chi connectivity index (χ1n) is 23.8. The summed E-state index contributed by atoms with van der Waals surface area (Å²) in [5, 5.41) is 65.8. The fourth-order valence-electron chi connectivity index (χ4n) is 8.35. The maximum Gasteiger partial charge on any atom is 0.309 e. The van der Waals surface area contributed by atoms with Crippen molar-refractivity contribution in [3.8, 4) is 22.5 Å². The summed E-state index contributed by atoms with van der Waals surface area (Å²) in [4.78, 5) is 65.9. The van der Waals surface area contributed by atoms with Crippen molar-refractivity contribution in [3.63, 3.8) is 0 Å². The number of amides is 4. The number of aliphatic hydroxyl groups excluding tert-OH is 4. The van der Waals surface area contributed by atoms with Crippen molar-refractivity contribution < 1.29 is 79.3 Å². The summed E-state index contributed by atoms with van der Waals surface area (Å²) < 4.78 is 50.4. The number of aliphatic hydroxyl groups is 4. The van der Waals surface area contributed by atoms with Crippen LogP contribution >= 0.6 is 0 Å². The largest absolute Gasteiger partial charge is 0.481 e. The molecule has 23 nitrogen and oxygen atoms in total. The number of anilines is 1. The van der Waals surface area contributed by atoms with Gasteiger partial charge < -0.3 is 74.8 Å². The number of aliphatic carboxylic acids is 1. The van der Waals surface area contributed by atoms with Gasteiger partial charge in [0, 0.05) is 63.1 Å². The minimum atomic E-state index is -1.74. The van der Waals surface area contributed by atoms with Gasteiger partial charge >= 0.3 is 5.97 Å². The number of hydrogen-bond acceptors (Lipinski definition) is 18. The lowest BCUT2D eigenvalue weighted by Gasteiger charge is -2.47. The monoisotopic (exact) mass is 970 g/mol. The average molecular weight is 971 g/mol. The highest BCUT2D eigenvalue weighted by molar-refractivity contribution is 6.01. The second kappa shape index (κ2) is 23.4. The van der Waals surface area contributed by atoms with Crippen LogP contribution in [-0.4, -0.2) is 178 Å². The van der Waals surface area contributed by atoms with Gasteiger partial charge in [-0.2, -0.15) is 0 Å². The number of carboxylic acid groups (broad SMARTS) is 1. The summed E-state index contributed by atoms with van der Waals surface area (Å²) in [6.07, 6.45) is -14.7. The summed E-state index contributed by atoms with van der Waals surface area (Å²) in [6, 6.07) is 14.6. The number of hydrogen-bond donors (Lipinski definition) is 9. The van der Waals surface area contributed by atoms with Gasteiger partial charge in [-0.05, 0) is 38.3 Å². The van der Waals surface area contributed by atoms with E-state index >= 15 is 0 Å². The fourth-order valence-corrected chi connectivity index (χ4v) is 8.35. The maximum absolute atomic E-state index is 13.7. The van der Waals surface area contributed by atoms with Gasteiger partial charge in [0.2, 0.25) is 23.6 Å². The smallest absolute Gasteiger partial charge is 0.309 e. The lowest BCUT2D eigenvalue weighted by Crippen LogP contribution is -2.66. The van der Waals surface area contributed by atoms with Gasteiger partial charge in [0.1, 0.15) is 54.5 Å². The zero-order valence-corrected chi connectivity index (χ0v) is 38.3. The second-order valence-electron chi connectivity index (χ2n) is 17.8. The summed E-state index contributed by atoms with van der Waals surface area (Å²) in [5.41, 5.74) is 2.59. The Bertz CT molecular complexity index is 2340. The zero-order valence-electron chi connectivity index (χ0n) is 40.3. The third-order valence-electron chi connectivity index (χ3n) is 12.5. The van der Waals surface area contributed by atoms with E-state index in [0.717, 1.165) is 16.2 Å². The van der Waals surface area contributed by atoms with E-state index in [-0.39, 0.29) is 103 Å². The molecule has 6 saturated heterocycles. The first kappa shape index (κ1) is 48.5. The van der Waals surface area contributed by atoms with Crippen molar-refractivity contribution in [2.24, 2.45) is 5.41 Å². The summed E-state index contributed by atoms with van der Waals surface area (Å²) in [5.74, 6) is -2.46. The number of nitrogens with zero attached hydrogens (tertiary/aromatic N) is 3. The summed E-state index contributed by atoms with van der Waals surface area (Å²) >= 11 is 0. The number of rotatable bonds is 17. The van der Waals surface area contributed by atoms with Gasteiger partial charge in [-0.25, -0.2) is 0 Å². The predicted molar refractivity (Wildman–Crippen MR) is 239 cm³/mol. The van der Waals surface area contributed by atoms with Crippen LogP contribution in [0.3, 0.4) is 0 Å². The molecule has 4 bridgehead atoms. The van der Waals surface area contributed by atoms with Crippen molar-refractivity contribution in [2.45, 2.75) is 120 Å². The number of aromatic amines is 1. The van der Waals surface area contributed by atoms with E-state index in [1.165, 1.54) is 13.8 Å². The molecule has 69 heavy (non-hydrogen) atoms. The lowest BCUT2D eigenvalue weighted by molar-refractivity contribution is -0.359. The van der Waals surface area contributed by atoms with Gasteiger partial charge in [0.25, 0.3) is 1.43 Å². The molecule has 376 valence electrons. The Balaban J connectivity index is 0.862. The molecular weight excluding hydrogens is 907 g/mol. The molecule has 1 aromatic heterocycles. The molecule has 7 aliphatic heterocycles. The van der Waals surface area contributed by atoms with Crippen LogP contribution in [0, 0.1) is 5.41 Å². The molecule has 23 heteroatoms. The molecule has 0 unspecified atom stereocenters. The molecule has 10 rings (SSSR count). The Kier molecular flexibility index (Phi) is 16.5. The number of carbonyl (C=O) groups is 5. The fraction of sp³-hybridized carbons (Fsp3) is 0.587. The normalized spacial score (nSPS) is 27.2. The molecule has 10 atom stereocenters. The molecule has 0 saturated carbocycles. The Morgan fingerprint density at radius 2 is 1.45 bits per heavy atom. The van der Waals surface area contributed by atoms with Gasteiger partial charge in [0.05, 0.1) is 43.2 Å². The minimum absolute atomic E-state index is 0.0196. The van der Waals surface area contributed by atoms with Crippen LogP contribution in [0.5, 0.6) is 0 Å². The summed E-state index contributed by atoms with van der Waals surface area (Å²) in [7, 11) is 0. The van der Waals surface area contributed by atoms with Crippen molar-refractivity contribution in [2.75, 3.05) is 51.0 Å². The highest BCUT2D eigenvalue weighted by Crippen LogP contribution is 2.40. The summed E-state index contributed by atoms with van der Waals surface area (Å²) in [6.45, 7) is 2.84. The molecule has 3 aromatic rings. The maximum atomic E-state index is 13.7. The topological polar surface area (TPSA) is 323 Å². The number of ether oxygens (including phenoxy) is 6. The SMILES string of the molecule is [2H]OC(=O)C(C)(C)CCC(=O)NC[C@H]1O[C@@H]2OCCCO[C@H]3[C@H](O)[C@@H](O)[C@@H](O[C@H]1[C@H](O)[C@H]2O)O[C@@H]3CNC(=O)CCOCCNC(=O)CCC(=O)N1Cc2ccccc2-c2c(nnn2[3H])-c2ccccc21. The van der Waals surface area contributed by atoms with Gasteiger partial charge in [-0.1, -0.05) is 47.7 Å². The van der Waals surface area contributed by atoms with E-state index in [4.69, 9.17) is 31.3 Å². The Morgan fingerprint density at radius 3 is 2.23 bits per heavy atom. The number of benzene rings is 2. The molecule has 7 aliphatic rings. The van der Waals surface area contributed by atoms with E-state index in [1.807, 2.05) is 36.4 Å². The van der Waals surface area contributed by atoms with Crippen LogP contribution in [-0.2, 0) is 58.9 Å². The molecular formula is C46H61N7O16. The van der Waals surface area contributed by atoms with Gasteiger partial charge in [-0.15, -0.1) is 5.10 Å². The van der Waals surface area contributed by atoms with Gasteiger partial charge in [-0.3, -0.25) is 29.1 Å². The molecule has 0 radical (unpaired) electrons. The van der Waals surface area contributed by atoms with E-state index in [0.29, 0.717) is 22.6 Å². The van der Waals surface area contributed by atoms with Crippen LogP contribution in [0.25, 0.3) is 23.9 Å². The average Bonchev–Trinajstić information content (AvgIpc) is 3.74. The standard InChI is InChI=1S/C46H61N7O16/c1-46(2,45(62)63)16-14-32(55)48-23-30-42-38(59)39(60)43(67-30)66-19-7-18-65-41-29(68-44(69-42)40(61)37(41)58)22-49-33(56)15-20-64-21-17-47-31(54)12-13-34(57)53-24-25-8-3-4-9-26(25)35-36(51-52-50-35)27-10-5-6-11-28(27)53/h3-6,8-11,29-30,37-44,58-61H,7,12-24H2,1-2H3,(H,47,54)(H,48,55)(H,49,56)(H,62,63)(H,50,51,52)/t29-,30-,37-,38-,39-,40-,41-,42-,43+,44-/m1/s1/i/hTD. The quantitative estimate of drug-likeness (QED) is 0.0770. The van der Waals surface area contributed by atoms with E-state index in [2.05, 4.69) is 31.4 Å². The van der Waals surface area contributed by atoms with E-state index in [9.17, 15) is 44.4 Å². The van der Waals surface area contributed by atoms with Crippen LogP contribution < -0.4 is 20.9 Å². The molecule has 6 fully saturated rings. The van der Waals surface area contributed by atoms with Crippen LogP contribution in [0.4, 0.5) is 5.69 Å². The second-order valence-corrected chi connectivity index (χ2v) is 17.8. The van der Waals surface area contributed by atoms with Crippen LogP contribution in [0.15, 0.2) is 48.5 Å². The molecule has 8 heterocycles. The molecule has 0 aliphatic carbocycles. The molecule has 4 amide bonds. The number of fused-ring (bicyclic) bond motifs is 5. The number of para-hydroxylation sites is 1. The number of nitrogens with one attached hydrogen (secondary N) is 4. The Hall–Kier alpha value is -5.47. The van der Waals surface area contributed by atoms with Crippen molar-refractivity contribution in [1.82, 2.24) is 31.4 Å². The molecule has 9 N–H and O–H groups in total. The number of H-pyrrole nitrogens is 1. The van der Waals surface area contributed by atoms with Crippen molar-refractivity contribution >= 4 is 35.3 Å². The number of aromatic nitrogens is 3. The first-order valence-corrected chi connectivity index (χ1v) is 23.0. The van der Waals surface area contributed by atoms with Crippen LogP contribution in [0.2, 0.25) is 1.41 Å². The van der Waals surface area contributed by atoms with Crippen LogP contribution in [0.1, 0.15) is 57.9 Å². The number of carbonyl (C=O) groups excluding carboxylic acids is 4. The van der Waals surface area contributed by atoms with Crippen molar-refractivity contribution in [1.29, 1.82) is 1.43 Å². The Labute approximate surface area is 400 Å². The first-order chi connectivity index (χ1) is 34.1. The van der Waals surface area contributed by atoms with E-state index in [1.54, 1.807) is 17.0 Å². The zero-order chi connectivity index (χ0) is 50.8. The molecule has 0 spiro atoms. The number of carboxylic acids is 1. The van der Waals surface area contributed by atoms with E-state index < -0.39 is 84.6 Å². The predicted octanol–water partition coefficient (Wildman–Crippen LogP) is -0.504. The van der Waals surface area contributed by atoms with Crippen molar-refractivity contribution in [3.05, 3.63) is 54.1 Å².